The van der Waals surface area contributed by atoms with Crippen LogP contribution in [0, 0.1) is 22.7 Å². The molecule has 7 nitrogen and oxygen atoms in total. The first-order valence-electron chi connectivity index (χ1n) is 12.9. The monoisotopic (exact) mass is 635 g/mol. The fraction of sp³-hybridized carbons (Fsp3) is 0.464. The van der Waals surface area contributed by atoms with Gasteiger partial charge in [-0.3, -0.25) is 4.79 Å². The topological polar surface area (TPSA) is 92.0 Å². The molecular weight excluding hydrogens is 607 g/mol. The fourth-order valence-electron chi connectivity index (χ4n) is 5.48. The Bertz CT molecular complexity index is 1480. The van der Waals surface area contributed by atoms with Crippen molar-refractivity contribution in [2.75, 3.05) is 17.7 Å². The van der Waals surface area contributed by atoms with Gasteiger partial charge in [0.2, 0.25) is 0 Å². The summed E-state index contributed by atoms with van der Waals surface area (Å²) in [4.78, 5) is 14.5. The molecule has 0 unspecified atom stereocenters. The average Bonchev–Trinajstić information content (AvgIpc) is 3.43. The second kappa shape index (κ2) is 10.4. The molecule has 12 heteroatoms. The van der Waals surface area contributed by atoms with Gasteiger partial charge in [-0.25, -0.2) is 4.68 Å². The summed E-state index contributed by atoms with van der Waals surface area (Å²) in [5.41, 5.74) is 1.95. The lowest BCUT2D eigenvalue weighted by Gasteiger charge is -2.33. The number of benzene rings is 1. The molecular formula is C28H29BrF3N5O2S. The Labute approximate surface area is 242 Å². The molecule has 1 aliphatic carbocycles. The largest absolute Gasteiger partial charge is 0.497 e. The molecule has 3 aromatic rings. The van der Waals surface area contributed by atoms with Gasteiger partial charge in [0.15, 0.2) is 11.7 Å². The van der Waals surface area contributed by atoms with Gasteiger partial charge in [-0.05, 0) is 69.8 Å². The van der Waals surface area contributed by atoms with Crippen LogP contribution in [0.25, 0.3) is 0 Å². The van der Waals surface area contributed by atoms with E-state index in [4.69, 9.17) is 4.74 Å². The lowest BCUT2D eigenvalue weighted by molar-refractivity contribution is -0.173. The third kappa shape index (κ3) is 5.21. The molecule has 0 spiro atoms. The number of anilines is 2. The number of amides is 1. The Hall–Kier alpha value is -3.04. The molecule has 5 rings (SSSR count). The minimum atomic E-state index is -4.59. The number of alkyl halides is 3. The van der Waals surface area contributed by atoms with Crippen molar-refractivity contribution in [3.05, 3.63) is 56.0 Å². The van der Waals surface area contributed by atoms with E-state index in [0.29, 0.717) is 27.8 Å². The van der Waals surface area contributed by atoms with Gasteiger partial charge in [-0.1, -0.05) is 32.9 Å². The average molecular weight is 637 g/mol. The van der Waals surface area contributed by atoms with Crippen LogP contribution in [-0.4, -0.2) is 29.0 Å². The van der Waals surface area contributed by atoms with Crippen LogP contribution >= 0.6 is 27.3 Å². The van der Waals surface area contributed by atoms with Gasteiger partial charge in [0.05, 0.1) is 23.2 Å². The van der Waals surface area contributed by atoms with Crippen LogP contribution in [0.2, 0.25) is 0 Å². The van der Waals surface area contributed by atoms with E-state index in [9.17, 15) is 23.2 Å². The fourth-order valence-corrected chi connectivity index (χ4v) is 7.31. The first-order valence-corrected chi connectivity index (χ1v) is 14.5. The number of hydrogen-bond acceptors (Lipinski definition) is 6. The van der Waals surface area contributed by atoms with E-state index < -0.39 is 24.2 Å². The van der Waals surface area contributed by atoms with Crippen LogP contribution in [0.3, 0.4) is 0 Å². The van der Waals surface area contributed by atoms with Crippen LogP contribution < -0.4 is 15.4 Å². The molecule has 1 amide bonds. The number of carbonyl (C=O) groups is 1. The first-order chi connectivity index (χ1) is 18.8. The van der Waals surface area contributed by atoms with Crippen LogP contribution in [0.15, 0.2) is 28.7 Å². The van der Waals surface area contributed by atoms with Crippen LogP contribution in [-0.2, 0) is 12.8 Å². The zero-order valence-corrected chi connectivity index (χ0v) is 24.9. The third-order valence-corrected chi connectivity index (χ3v) is 9.78. The Morgan fingerprint density at radius 3 is 2.58 bits per heavy atom. The first kappa shape index (κ1) is 28.5. The highest BCUT2D eigenvalue weighted by Gasteiger charge is 2.48. The number of hydrogen-bond donors (Lipinski definition) is 2. The highest BCUT2D eigenvalue weighted by atomic mass is 79.9. The van der Waals surface area contributed by atoms with E-state index in [1.165, 1.54) is 18.4 Å². The maximum absolute atomic E-state index is 14.2. The lowest BCUT2D eigenvalue weighted by atomic mass is 9.72. The molecule has 3 heterocycles. The summed E-state index contributed by atoms with van der Waals surface area (Å²) in [6.07, 6.45) is -2.37. The third-order valence-electron chi connectivity index (χ3n) is 7.86. The molecule has 2 aromatic heterocycles. The number of rotatable bonds is 4. The van der Waals surface area contributed by atoms with Crippen molar-refractivity contribution in [2.24, 2.45) is 11.3 Å². The van der Waals surface area contributed by atoms with Crippen molar-refractivity contribution in [2.45, 2.75) is 64.7 Å². The zero-order valence-electron chi connectivity index (χ0n) is 22.4. The smallest absolute Gasteiger partial charge is 0.410 e. The number of nitriles is 1. The summed E-state index contributed by atoms with van der Waals surface area (Å²) < 4.78 is 48.7. The van der Waals surface area contributed by atoms with E-state index in [-0.39, 0.29) is 27.8 Å². The predicted molar refractivity (Wildman–Crippen MR) is 151 cm³/mol. The van der Waals surface area contributed by atoms with Crippen molar-refractivity contribution in [3.63, 3.8) is 0 Å². The summed E-state index contributed by atoms with van der Waals surface area (Å²) in [6.45, 7) is 6.59. The Morgan fingerprint density at radius 2 is 1.98 bits per heavy atom. The number of aromatic nitrogens is 2. The Kier molecular flexibility index (Phi) is 7.42. The second-order valence-corrected chi connectivity index (χ2v) is 13.2. The molecule has 2 aliphatic rings. The lowest BCUT2D eigenvalue weighted by Crippen LogP contribution is -2.35. The summed E-state index contributed by atoms with van der Waals surface area (Å²) in [5, 5.41) is 20.3. The molecule has 1 aliphatic heterocycles. The van der Waals surface area contributed by atoms with Crippen molar-refractivity contribution in [3.8, 4) is 11.8 Å². The quantitative estimate of drug-likeness (QED) is 0.307. The highest BCUT2D eigenvalue weighted by molar-refractivity contribution is 9.10. The second-order valence-electron chi connectivity index (χ2n) is 11.3. The molecule has 0 bridgehead atoms. The summed E-state index contributed by atoms with van der Waals surface area (Å²) in [7, 11) is 1.52. The Balaban J connectivity index is 1.45. The number of halogens is 4. The minimum Gasteiger partial charge on any atom is -0.497 e. The van der Waals surface area contributed by atoms with Crippen molar-refractivity contribution >= 4 is 44.0 Å². The molecule has 2 N–H and O–H groups in total. The van der Waals surface area contributed by atoms with Gasteiger partial charge < -0.3 is 15.4 Å². The maximum atomic E-state index is 14.2. The van der Waals surface area contributed by atoms with E-state index in [2.05, 4.69) is 58.5 Å². The van der Waals surface area contributed by atoms with E-state index in [0.717, 1.165) is 34.4 Å². The SMILES string of the molecule is COc1ccc([C@@H]2C[C@@H](C(F)(F)F)n3nc(C(=O)Nc4sc5c(c4C#N)CC[C@H](C(C)(C)C)C5)c(Br)c3N2)cc1. The number of ether oxygens (including phenoxy) is 1. The number of carbonyl (C=O) groups excluding carboxylic acids is 1. The summed E-state index contributed by atoms with van der Waals surface area (Å²) >= 11 is 4.70. The van der Waals surface area contributed by atoms with Crippen LogP contribution in [0.4, 0.5) is 24.0 Å². The normalized spacial score (nSPS) is 20.6. The molecule has 0 saturated heterocycles. The Morgan fingerprint density at radius 1 is 1.27 bits per heavy atom. The molecule has 0 saturated carbocycles. The molecule has 40 heavy (non-hydrogen) atoms. The number of fused-ring (bicyclic) bond motifs is 2. The van der Waals surface area contributed by atoms with Crippen LogP contribution in [0.1, 0.15) is 77.8 Å². The maximum Gasteiger partial charge on any atom is 0.410 e. The molecule has 0 radical (unpaired) electrons. The van der Waals surface area contributed by atoms with Gasteiger partial charge in [-0.15, -0.1) is 11.3 Å². The van der Waals surface area contributed by atoms with Crippen molar-refractivity contribution in [1.29, 1.82) is 5.26 Å². The van der Waals surface area contributed by atoms with E-state index in [1.807, 2.05) is 0 Å². The number of nitrogens with zero attached hydrogens (tertiary/aromatic N) is 3. The van der Waals surface area contributed by atoms with Gasteiger partial charge in [0.1, 0.15) is 22.6 Å². The van der Waals surface area contributed by atoms with Gasteiger partial charge in [0.25, 0.3) is 5.91 Å². The molecule has 0 fully saturated rings. The molecule has 212 valence electrons. The van der Waals surface area contributed by atoms with Crippen LogP contribution in [0.5, 0.6) is 5.75 Å². The van der Waals surface area contributed by atoms with Crippen molar-refractivity contribution < 1.29 is 22.7 Å². The zero-order chi connectivity index (χ0) is 29.0. The minimum absolute atomic E-state index is 0.0681. The number of methoxy groups -OCH3 is 1. The van der Waals surface area contributed by atoms with E-state index >= 15 is 0 Å². The van der Waals surface area contributed by atoms with Gasteiger partial charge >= 0.3 is 6.18 Å². The molecule has 1 aromatic carbocycles. The van der Waals surface area contributed by atoms with Crippen molar-refractivity contribution in [1.82, 2.24) is 9.78 Å². The standard InChI is InChI=1S/C28H29BrF3N5O2S/c1-27(2,3)15-7-10-17-18(13-33)26(40-20(17)11-15)35-25(38)23-22(29)24-34-19(14-5-8-16(39-4)9-6-14)12-21(28(30,31)32)37(24)36-23/h5-6,8-9,15,19,21,34H,7,10-12H2,1-4H3,(H,35,38)/t15-,19-,21-/m0/s1. The van der Waals surface area contributed by atoms with Gasteiger partial charge in [0, 0.05) is 11.3 Å². The summed E-state index contributed by atoms with van der Waals surface area (Å²) in [6, 6.07) is 6.43. The predicted octanol–water partition coefficient (Wildman–Crippen LogP) is 7.65. The van der Waals surface area contributed by atoms with E-state index in [1.54, 1.807) is 24.3 Å². The number of nitrogens with one attached hydrogen (secondary N) is 2. The summed E-state index contributed by atoms with van der Waals surface area (Å²) in [5.74, 6) is 0.434. The van der Waals surface area contributed by atoms with Gasteiger partial charge in [-0.2, -0.15) is 23.5 Å². The number of thiophene rings is 1. The molecule has 3 atom stereocenters. The highest BCUT2D eigenvalue weighted by Crippen LogP contribution is 2.47.